The van der Waals surface area contributed by atoms with Crippen LogP contribution < -0.4 is 48.8 Å². The molecule has 5 saturated carbocycles. The molecule has 7 fully saturated rings. The van der Waals surface area contributed by atoms with E-state index in [1.165, 1.54) is 101 Å². The third-order valence-corrected chi connectivity index (χ3v) is 26.7. The fraction of sp³-hybridized carbons (Fsp3) is 0.414. The Balaban J connectivity index is 0.000000155. The van der Waals surface area contributed by atoms with Crippen LogP contribution in [-0.2, 0) is 55.7 Å². The topological polar surface area (TPSA) is 395 Å². The molecule has 24 heteroatoms. The van der Waals surface area contributed by atoms with Crippen molar-refractivity contribution in [2.75, 3.05) is 65.6 Å². The van der Waals surface area contributed by atoms with E-state index in [9.17, 15) is 47.9 Å². The minimum Gasteiger partial charge on any atom is -0.462 e. The van der Waals surface area contributed by atoms with Crippen LogP contribution in [0.15, 0.2) is 182 Å². The number of ether oxygens (including phenoxy) is 7. The van der Waals surface area contributed by atoms with Gasteiger partial charge >= 0.3 is 53.7 Å². The number of cyclic esters (lactones) is 4. The van der Waals surface area contributed by atoms with Crippen molar-refractivity contribution in [2.45, 2.75) is 157 Å². The number of benzene rings is 8. The second kappa shape index (κ2) is 40.1. The first kappa shape index (κ1) is 89.9. The summed E-state index contributed by atoms with van der Waals surface area (Å²) >= 11 is 0. The standard InChI is InChI=1S/C34H54N2O2.C29H24N2O5.C26H29N3O4.C10H8O6/c1-21(2)7-6-8-22(3)29-11-12-30-28-10-9-24-19-27(38-32(37)23-17-25(35)20-26(36)18-23)13-15-33(24,4)31(28)14-16-34(29,30)5;30-24-13-10-19(26(31)18-24)16-17-35-28(33)22-11-14-25(15-12-22)36-29(34)23-8-6-21(7-9-23)27(32)20-4-2-1-3-5-20;1-3-29(4-2)22-11-6-20(7-12-22)26(31)33-23-13-8-19(9-14-23)25(30)32-16-15-18-5-10-21(27)17-24(18)28;11-6-2-3-4-1-5(7(3)10(14)15-6)9(13)16-8(4)12/h17-18,20-22,24,27-31H,6-16,19,35-36H2,1-5H3;1-15,18H,16-17,30-31H2;5-14,17H,3-4,15-16,27-28H2,1-2H3;3-5,7H,1-2H2. The maximum absolute atomic E-state index is 12.9. The highest BCUT2D eigenvalue weighted by molar-refractivity contribution is 6.09. The predicted molar refractivity (Wildman–Crippen MR) is 471 cm³/mol. The molecule has 2 saturated heterocycles. The Labute approximate surface area is 719 Å². The van der Waals surface area contributed by atoms with Crippen LogP contribution in [0.3, 0.4) is 0 Å². The summed E-state index contributed by atoms with van der Waals surface area (Å²) in [5.41, 5.74) is 45.0. The van der Waals surface area contributed by atoms with E-state index in [4.69, 9.17) is 58.1 Å². The fourth-order valence-electron chi connectivity index (χ4n) is 20.2. The molecule has 648 valence electrons. The van der Waals surface area contributed by atoms with E-state index in [2.05, 4.69) is 62.8 Å². The third-order valence-electron chi connectivity index (χ3n) is 26.7. The van der Waals surface area contributed by atoms with Crippen LogP contribution in [-0.4, -0.2) is 91.9 Å². The van der Waals surface area contributed by atoms with Gasteiger partial charge in [0.05, 0.1) is 65.2 Å². The summed E-state index contributed by atoms with van der Waals surface area (Å²) in [6, 6.07) is 50.3. The lowest BCUT2D eigenvalue weighted by atomic mass is 9.44. The second-order valence-corrected chi connectivity index (χ2v) is 34.8. The smallest absolute Gasteiger partial charge is 0.343 e. The minimum atomic E-state index is -0.694. The molecule has 123 heavy (non-hydrogen) atoms. The van der Waals surface area contributed by atoms with E-state index < -0.39 is 71.4 Å². The summed E-state index contributed by atoms with van der Waals surface area (Å²) in [7, 11) is 0. The molecule has 0 radical (unpaired) electrons. The highest BCUT2D eigenvalue weighted by atomic mass is 16.6. The zero-order valence-electron chi connectivity index (χ0n) is 71.2. The number of nitrogen functional groups attached to an aromatic ring is 6. The molecule has 13 unspecified atom stereocenters. The van der Waals surface area contributed by atoms with Crippen molar-refractivity contribution in [3.8, 4) is 11.5 Å². The molecule has 8 aromatic carbocycles. The van der Waals surface area contributed by atoms with Gasteiger partial charge in [0.2, 0.25) is 0 Å². The molecule has 15 rings (SSSR count). The molecule has 2 aliphatic heterocycles. The van der Waals surface area contributed by atoms with Crippen LogP contribution in [0, 0.1) is 75.9 Å². The highest BCUT2D eigenvalue weighted by Crippen LogP contribution is 2.69. The van der Waals surface area contributed by atoms with Gasteiger partial charge in [-0.3, -0.25) is 24.0 Å². The summed E-state index contributed by atoms with van der Waals surface area (Å²) in [5.74, 6) is -0.672. The second-order valence-electron chi connectivity index (χ2n) is 34.8. The van der Waals surface area contributed by atoms with Gasteiger partial charge in [-0.15, -0.1) is 0 Å². The molecule has 7 aliphatic rings. The number of carbonyl (C=O) groups is 10. The summed E-state index contributed by atoms with van der Waals surface area (Å²) in [4.78, 5) is 123. The van der Waals surface area contributed by atoms with Crippen molar-refractivity contribution in [3.63, 3.8) is 0 Å². The largest absolute Gasteiger partial charge is 0.462 e. The maximum Gasteiger partial charge on any atom is 0.343 e. The average molecular weight is 1680 g/mol. The summed E-state index contributed by atoms with van der Waals surface area (Å²) < 4.78 is 36.5. The van der Waals surface area contributed by atoms with Gasteiger partial charge in [-0.05, 0) is 275 Å². The average Bonchev–Trinajstić information content (AvgIpc) is 1.63. The number of carbonyl (C=O) groups excluding carboxylic acids is 10. The van der Waals surface area contributed by atoms with Gasteiger partial charge < -0.3 is 72.5 Å². The third kappa shape index (κ3) is 21.8. The zero-order chi connectivity index (χ0) is 88.0. The van der Waals surface area contributed by atoms with Crippen LogP contribution in [0.1, 0.15) is 217 Å². The van der Waals surface area contributed by atoms with E-state index in [0.29, 0.717) is 115 Å². The van der Waals surface area contributed by atoms with E-state index in [-0.39, 0.29) is 43.2 Å². The number of hydrogen-bond donors (Lipinski definition) is 6. The first-order valence-electron chi connectivity index (χ1n) is 43.1. The van der Waals surface area contributed by atoms with Gasteiger partial charge in [-0.2, -0.15) is 0 Å². The van der Waals surface area contributed by atoms with Crippen molar-refractivity contribution in [1.29, 1.82) is 0 Å². The fourth-order valence-corrected chi connectivity index (χ4v) is 20.2. The molecular formula is C99H115N7O17. The molecule has 5 aliphatic carbocycles. The van der Waals surface area contributed by atoms with Gasteiger partial charge in [-0.1, -0.05) is 108 Å². The molecule has 13 atom stereocenters. The van der Waals surface area contributed by atoms with Crippen molar-refractivity contribution in [3.05, 3.63) is 232 Å². The predicted octanol–water partition coefficient (Wildman–Crippen LogP) is 16.9. The van der Waals surface area contributed by atoms with Crippen LogP contribution in [0.5, 0.6) is 11.5 Å². The zero-order valence-corrected chi connectivity index (χ0v) is 71.2. The Hall–Kier alpha value is -12.3. The lowest BCUT2D eigenvalue weighted by molar-refractivity contribution is -0.174. The molecule has 2 bridgehead atoms. The number of ketones is 1. The Bertz CT molecular complexity index is 5110. The monoisotopic (exact) mass is 1670 g/mol. The number of esters is 9. The summed E-state index contributed by atoms with van der Waals surface area (Å²) in [6.07, 6.45) is 17.1. The first-order chi connectivity index (χ1) is 58.9. The van der Waals surface area contributed by atoms with E-state index >= 15 is 0 Å². The normalized spacial score (nSPS) is 23.4. The van der Waals surface area contributed by atoms with Crippen LogP contribution >= 0.6 is 0 Å². The van der Waals surface area contributed by atoms with Gasteiger partial charge in [0.25, 0.3) is 0 Å². The number of fused-ring (bicyclic) bond motifs is 10. The van der Waals surface area contributed by atoms with Crippen molar-refractivity contribution in [2.24, 2.45) is 75.9 Å². The van der Waals surface area contributed by atoms with Crippen molar-refractivity contribution in [1.82, 2.24) is 0 Å². The Morgan fingerprint density at radius 1 is 0.463 bits per heavy atom. The van der Waals surface area contributed by atoms with Gasteiger partial charge in [0.15, 0.2) is 5.78 Å². The Morgan fingerprint density at radius 2 is 0.967 bits per heavy atom. The molecular weight excluding hydrogens is 1560 g/mol. The molecule has 0 amide bonds. The molecule has 2 heterocycles. The quantitative estimate of drug-likeness (QED) is 0.00817. The minimum absolute atomic E-state index is 0.0104. The number of nitrogens with zero attached hydrogens (tertiary/aromatic N) is 1. The summed E-state index contributed by atoms with van der Waals surface area (Å²) in [6.45, 7) is 18.9. The lowest BCUT2D eigenvalue weighted by Crippen LogP contribution is -2.54. The Kier molecular flexibility index (Phi) is 29.3. The highest BCUT2D eigenvalue weighted by Gasteiger charge is 2.62. The Morgan fingerprint density at radius 3 is 1.51 bits per heavy atom. The lowest BCUT2D eigenvalue weighted by Gasteiger charge is -2.61. The van der Waals surface area contributed by atoms with Crippen LogP contribution in [0.25, 0.3) is 0 Å². The maximum atomic E-state index is 12.9. The van der Waals surface area contributed by atoms with E-state index in [0.717, 1.165) is 78.3 Å². The van der Waals surface area contributed by atoms with Gasteiger partial charge in [0, 0.05) is 76.9 Å². The molecule has 8 aromatic rings. The number of rotatable bonds is 24. The van der Waals surface area contributed by atoms with E-state index in [1.54, 1.807) is 121 Å². The van der Waals surface area contributed by atoms with Crippen molar-refractivity contribution >= 4 is 99.3 Å². The van der Waals surface area contributed by atoms with Crippen LogP contribution in [0.2, 0.25) is 0 Å². The number of hydrogen-bond acceptors (Lipinski definition) is 24. The number of anilines is 7. The molecule has 0 spiro atoms. The number of nitrogens with two attached hydrogens (primary N) is 6. The van der Waals surface area contributed by atoms with E-state index in [1.807, 2.05) is 24.3 Å². The first-order valence-corrected chi connectivity index (χ1v) is 43.1. The van der Waals surface area contributed by atoms with Gasteiger partial charge in [-0.25, -0.2) is 24.0 Å². The van der Waals surface area contributed by atoms with Crippen molar-refractivity contribution < 1.29 is 81.1 Å². The molecule has 24 nitrogen and oxygen atoms in total. The molecule has 0 aromatic heterocycles. The summed E-state index contributed by atoms with van der Waals surface area (Å²) in [5, 5.41) is 0. The SMILES string of the molecule is CC(C)CCCC(C)C1CCC2C3CCC4CC(OC(=O)c5cc(N)cc(N)c5)CCC4(C)C3CCC12C.CCN(CC)c1ccc(C(=O)Oc2ccc(C(=O)OCCc3ccc(N)cc3N)cc2)cc1.Nc1ccc(CCOC(=O)c2ccc(OC(=O)c3ccc(C(=O)c4ccccc4)cc3)cc2)c(N)c1.O=C1CC2C3CC(C(=O)OC3=O)C2C(=O)O1. The molecule has 12 N–H and O–H groups in total. The van der Waals surface area contributed by atoms with Crippen LogP contribution in [0.4, 0.5) is 39.8 Å². The van der Waals surface area contributed by atoms with Gasteiger partial charge in [0.1, 0.15) is 17.6 Å².